The first kappa shape index (κ1) is 18.2. The number of halogens is 1. The molecule has 0 bridgehead atoms. The number of piperidine rings is 1. The summed E-state index contributed by atoms with van der Waals surface area (Å²) < 4.78 is 13.4. The molecular weight excluding hydrogens is 311 g/mol. The van der Waals surface area contributed by atoms with Gasteiger partial charge in [-0.25, -0.2) is 9.18 Å². The third-order valence-corrected chi connectivity index (χ3v) is 4.39. The highest BCUT2D eigenvalue weighted by Gasteiger charge is 2.20. The summed E-state index contributed by atoms with van der Waals surface area (Å²) in [5.41, 5.74) is 5.17. The van der Waals surface area contributed by atoms with Gasteiger partial charge in [-0.2, -0.15) is 0 Å². The minimum Gasteiger partial charge on any atom is -0.366 e. The lowest BCUT2D eigenvalue weighted by Crippen LogP contribution is -2.44. The van der Waals surface area contributed by atoms with Crippen LogP contribution < -0.4 is 16.4 Å². The number of amides is 3. The molecule has 0 unspecified atom stereocenters. The van der Waals surface area contributed by atoms with E-state index in [1.807, 2.05) is 0 Å². The van der Waals surface area contributed by atoms with Crippen molar-refractivity contribution in [2.75, 3.05) is 25.0 Å². The Bertz CT molecular complexity index is 594. The number of benzene rings is 1. The summed E-state index contributed by atoms with van der Waals surface area (Å²) in [5.74, 6) is -1.57. The Morgan fingerprint density at radius 2 is 2.17 bits per heavy atom. The Morgan fingerprint density at radius 1 is 1.38 bits per heavy atom. The van der Waals surface area contributed by atoms with Gasteiger partial charge in [0.15, 0.2) is 0 Å². The van der Waals surface area contributed by atoms with Crippen molar-refractivity contribution in [3.63, 3.8) is 0 Å². The summed E-state index contributed by atoms with van der Waals surface area (Å²) in [6.45, 7) is 4.60. The smallest absolute Gasteiger partial charge is 0.319 e. The van der Waals surface area contributed by atoms with Gasteiger partial charge in [0.2, 0.25) is 0 Å². The molecule has 0 aliphatic carbocycles. The molecular formula is C17H25FN4O2. The maximum atomic E-state index is 13.4. The molecule has 1 fully saturated rings. The standard InChI is InChI=1S/C17H25FN4O2/c1-2-13-5-3-4-9-22(13)10-8-20-17(24)21-12-6-7-15(18)14(11-12)16(19)23/h6-7,11,13H,2-5,8-10H2,1H3,(H2,19,23)(H2,20,21,24)/t13-/m0/s1. The van der Waals surface area contributed by atoms with E-state index in [0.29, 0.717) is 18.3 Å². The van der Waals surface area contributed by atoms with Gasteiger partial charge in [0.1, 0.15) is 5.82 Å². The normalized spacial score (nSPS) is 18.2. The number of primary amides is 1. The first-order valence-electron chi connectivity index (χ1n) is 8.39. The quantitative estimate of drug-likeness (QED) is 0.745. The van der Waals surface area contributed by atoms with Crippen LogP contribution in [0.25, 0.3) is 0 Å². The minimum atomic E-state index is -0.868. The zero-order valence-corrected chi connectivity index (χ0v) is 14.0. The molecule has 4 N–H and O–H groups in total. The van der Waals surface area contributed by atoms with Gasteiger partial charge in [0.25, 0.3) is 5.91 Å². The third-order valence-electron chi connectivity index (χ3n) is 4.39. The highest BCUT2D eigenvalue weighted by atomic mass is 19.1. The molecule has 1 atom stereocenters. The number of carbonyl (C=O) groups excluding carboxylic acids is 2. The van der Waals surface area contributed by atoms with Gasteiger partial charge in [-0.05, 0) is 44.0 Å². The van der Waals surface area contributed by atoms with Gasteiger partial charge in [0.05, 0.1) is 5.56 Å². The molecule has 1 heterocycles. The number of anilines is 1. The van der Waals surface area contributed by atoms with E-state index in [1.54, 1.807) is 0 Å². The lowest BCUT2D eigenvalue weighted by Gasteiger charge is -2.35. The van der Waals surface area contributed by atoms with Gasteiger partial charge in [-0.3, -0.25) is 9.69 Å². The van der Waals surface area contributed by atoms with E-state index in [1.165, 1.54) is 31.4 Å². The van der Waals surface area contributed by atoms with E-state index < -0.39 is 11.7 Å². The summed E-state index contributed by atoms with van der Waals surface area (Å²) in [4.78, 5) is 25.4. The van der Waals surface area contributed by atoms with Crippen LogP contribution in [0, 0.1) is 5.82 Å². The number of likely N-dealkylation sites (tertiary alicyclic amines) is 1. The zero-order chi connectivity index (χ0) is 17.5. The number of nitrogens with two attached hydrogens (primary N) is 1. The molecule has 6 nitrogen and oxygen atoms in total. The summed E-state index contributed by atoms with van der Waals surface area (Å²) in [6.07, 6.45) is 4.82. The maximum absolute atomic E-state index is 13.4. The van der Waals surface area contributed by atoms with Crippen LogP contribution in [0.3, 0.4) is 0 Å². The Labute approximate surface area is 141 Å². The van der Waals surface area contributed by atoms with E-state index in [9.17, 15) is 14.0 Å². The predicted octanol–water partition coefficient (Wildman–Crippen LogP) is 2.31. The van der Waals surface area contributed by atoms with Crippen LogP contribution in [0.15, 0.2) is 18.2 Å². The van der Waals surface area contributed by atoms with E-state index in [4.69, 9.17) is 5.73 Å². The fourth-order valence-electron chi connectivity index (χ4n) is 3.10. The second-order valence-corrected chi connectivity index (χ2v) is 6.03. The van der Waals surface area contributed by atoms with Crippen LogP contribution in [0.4, 0.5) is 14.9 Å². The highest BCUT2D eigenvalue weighted by molar-refractivity contribution is 5.96. The molecule has 132 valence electrons. The van der Waals surface area contributed by atoms with Crippen LogP contribution in [0.2, 0.25) is 0 Å². The molecule has 1 saturated heterocycles. The second kappa shape index (κ2) is 8.63. The van der Waals surface area contributed by atoms with Crippen molar-refractivity contribution in [2.24, 2.45) is 5.73 Å². The van der Waals surface area contributed by atoms with Crippen LogP contribution >= 0.6 is 0 Å². The topological polar surface area (TPSA) is 87.5 Å². The van der Waals surface area contributed by atoms with Crippen molar-refractivity contribution in [1.29, 1.82) is 0 Å². The van der Waals surface area contributed by atoms with Gasteiger partial charge < -0.3 is 16.4 Å². The number of nitrogens with zero attached hydrogens (tertiary/aromatic N) is 1. The largest absolute Gasteiger partial charge is 0.366 e. The summed E-state index contributed by atoms with van der Waals surface area (Å²) in [5, 5.41) is 5.37. The molecule has 1 aliphatic heterocycles. The number of nitrogens with one attached hydrogen (secondary N) is 2. The summed E-state index contributed by atoms with van der Waals surface area (Å²) in [7, 11) is 0. The van der Waals surface area contributed by atoms with Crippen molar-refractivity contribution in [2.45, 2.75) is 38.6 Å². The van der Waals surface area contributed by atoms with Crippen molar-refractivity contribution >= 4 is 17.6 Å². The Kier molecular flexibility index (Phi) is 6.54. The van der Waals surface area contributed by atoms with Crippen LogP contribution in [0.5, 0.6) is 0 Å². The summed E-state index contributed by atoms with van der Waals surface area (Å²) in [6, 6.07) is 3.93. The number of carbonyl (C=O) groups is 2. The molecule has 7 heteroatoms. The molecule has 1 aliphatic rings. The van der Waals surface area contributed by atoms with E-state index in [0.717, 1.165) is 25.6 Å². The SMILES string of the molecule is CC[C@H]1CCCCN1CCNC(=O)Nc1ccc(F)c(C(N)=O)c1. The zero-order valence-electron chi connectivity index (χ0n) is 14.0. The van der Waals surface area contributed by atoms with Crippen LogP contribution in [-0.2, 0) is 0 Å². The monoisotopic (exact) mass is 336 g/mol. The van der Waals surface area contributed by atoms with Crippen molar-refractivity contribution in [3.8, 4) is 0 Å². The molecule has 1 aromatic carbocycles. The fourth-order valence-corrected chi connectivity index (χ4v) is 3.10. The fraction of sp³-hybridized carbons (Fsp3) is 0.529. The third kappa shape index (κ3) is 4.92. The number of hydrogen-bond donors (Lipinski definition) is 3. The van der Waals surface area contributed by atoms with Gasteiger partial charge in [-0.1, -0.05) is 13.3 Å². The van der Waals surface area contributed by atoms with Crippen molar-refractivity contribution in [3.05, 3.63) is 29.6 Å². The maximum Gasteiger partial charge on any atom is 0.319 e. The average molecular weight is 336 g/mol. The van der Waals surface area contributed by atoms with E-state index in [2.05, 4.69) is 22.5 Å². The minimum absolute atomic E-state index is 0.244. The predicted molar refractivity (Wildman–Crippen MR) is 91.4 cm³/mol. The number of hydrogen-bond acceptors (Lipinski definition) is 3. The first-order valence-corrected chi connectivity index (χ1v) is 8.39. The van der Waals surface area contributed by atoms with Crippen LogP contribution in [-0.4, -0.2) is 42.5 Å². The molecule has 0 radical (unpaired) electrons. The first-order chi connectivity index (χ1) is 11.5. The highest BCUT2D eigenvalue weighted by Crippen LogP contribution is 2.18. The molecule has 0 aromatic heterocycles. The number of rotatable bonds is 6. The van der Waals surface area contributed by atoms with Gasteiger partial charge >= 0.3 is 6.03 Å². The van der Waals surface area contributed by atoms with Gasteiger partial charge in [-0.15, -0.1) is 0 Å². The number of urea groups is 1. The van der Waals surface area contributed by atoms with E-state index >= 15 is 0 Å². The Balaban J connectivity index is 1.81. The molecule has 0 saturated carbocycles. The molecule has 1 aromatic rings. The van der Waals surface area contributed by atoms with E-state index in [-0.39, 0.29) is 11.6 Å². The van der Waals surface area contributed by atoms with Crippen LogP contribution in [0.1, 0.15) is 43.0 Å². The lowest BCUT2D eigenvalue weighted by atomic mass is 10.0. The second-order valence-electron chi connectivity index (χ2n) is 6.03. The average Bonchev–Trinajstić information content (AvgIpc) is 2.56. The van der Waals surface area contributed by atoms with Gasteiger partial charge in [0, 0.05) is 24.8 Å². The summed E-state index contributed by atoms with van der Waals surface area (Å²) >= 11 is 0. The molecule has 0 spiro atoms. The van der Waals surface area contributed by atoms with Crippen molar-refractivity contribution in [1.82, 2.24) is 10.2 Å². The molecule has 24 heavy (non-hydrogen) atoms. The Hall–Kier alpha value is -2.15. The lowest BCUT2D eigenvalue weighted by molar-refractivity contribution is 0.0996. The molecule has 3 amide bonds. The molecule has 2 rings (SSSR count). The Morgan fingerprint density at radius 3 is 2.88 bits per heavy atom. The van der Waals surface area contributed by atoms with Crippen molar-refractivity contribution < 1.29 is 14.0 Å².